The third-order valence-electron chi connectivity index (χ3n) is 3.15. The lowest BCUT2D eigenvalue weighted by molar-refractivity contribution is -0.154. The van der Waals surface area contributed by atoms with Crippen LogP contribution >= 0.6 is 0 Å². The van der Waals surface area contributed by atoms with Gasteiger partial charge in [-0.2, -0.15) is 0 Å². The topological polar surface area (TPSA) is 84.9 Å². The summed E-state index contributed by atoms with van der Waals surface area (Å²) in [7, 11) is 0. The van der Waals surface area contributed by atoms with E-state index in [0.29, 0.717) is 0 Å². The van der Waals surface area contributed by atoms with Crippen molar-refractivity contribution in [1.29, 1.82) is 0 Å². The molecule has 0 amide bonds. The molecule has 1 unspecified atom stereocenters. The number of aryl methyl sites for hydroxylation is 2. The SMILES string of the molecule is Cc1cccc(C)c1C(CC(=O)OC(C)(C)C)C(N)=NO. The lowest BCUT2D eigenvalue weighted by atomic mass is 9.87. The van der Waals surface area contributed by atoms with E-state index in [1.807, 2.05) is 52.8 Å². The van der Waals surface area contributed by atoms with E-state index in [0.717, 1.165) is 16.7 Å². The Morgan fingerprint density at radius 2 is 1.86 bits per heavy atom. The molecule has 0 spiro atoms. The molecule has 0 aliphatic rings. The van der Waals surface area contributed by atoms with Crippen LogP contribution in [0.5, 0.6) is 0 Å². The number of carbonyl (C=O) groups is 1. The maximum Gasteiger partial charge on any atom is 0.307 e. The molecule has 1 aromatic rings. The second kappa shape index (κ2) is 6.61. The standard InChI is InChI=1S/C16H24N2O3/c1-10-7-6-8-11(2)14(10)12(15(17)18-20)9-13(19)21-16(3,4)5/h6-8,12,20H,9H2,1-5H3,(H2,17,18). The van der Waals surface area contributed by atoms with E-state index in [4.69, 9.17) is 15.7 Å². The highest BCUT2D eigenvalue weighted by Crippen LogP contribution is 2.28. The highest BCUT2D eigenvalue weighted by molar-refractivity contribution is 5.91. The average molecular weight is 292 g/mol. The van der Waals surface area contributed by atoms with E-state index in [1.54, 1.807) is 0 Å². The van der Waals surface area contributed by atoms with Gasteiger partial charge in [-0.05, 0) is 51.3 Å². The fourth-order valence-corrected chi connectivity index (χ4v) is 2.35. The van der Waals surface area contributed by atoms with Gasteiger partial charge in [0.2, 0.25) is 0 Å². The second-order valence-electron chi connectivity index (χ2n) is 6.17. The third-order valence-corrected chi connectivity index (χ3v) is 3.15. The molecule has 0 aromatic heterocycles. The zero-order valence-electron chi connectivity index (χ0n) is 13.3. The Morgan fingerprint density at radius 3 is 2.29 bits per heavy atom. The van der Waals surface area contributed by atoms with Gasteiger partial charge in [0, 0.05) is 0 Å². The van der Waals surface area contributed by atoms with Crippen LogP contribution in [0.25, 0.3) is 0 Å². The van der Waals surface area contributed by atoms with Crippen molar-refractivity contribution in [3.8, 4) is 0 Å². The summed E-state index contributed by atoms with van der Waals surface area (Å²) in [6, 6.07) is 5.81. The van der Waals surface area contributed by atoms with E-state index in [2.05, 4.69) is 5.16 Å². The molecule has 0 bridgehead atoms. The van der Waals surface area contributed by atoms with Gasteiger partial charge in [0.1, 0.15) is 11.4 Å². The van der Waals surface area contributed by atoms with Gasteiger partial charge in [0.05, 0.1) is 12.3 Å². The Morgan fingerprint density at radius 1 is 1.33 bits per heavy atom. The molecule has 116 valence electrons. The fraction of sp³-hybridized carbons (Fsp3) is 0.500. The molecule has 5 nitrogen and oxygen atoms in total. The molecule has 0 heterocycles. The predicted octanol–water partition coefficient (Wildman–Crippen LogP) is 2.87. The van der Waals surface area contributed by atoms with E-state index >= 15 is 0 Å². The highest BCUT2D eigenvalue weighted by atomic mass is 16.6. The van der Waals surface area contributed by atoms with Crippen molar-refractivity contribution in [3.63, 3.8) is 0 Å². The van der Waals surface area contributed by atoms with Crippen LogP contribution < -0.4 is 5.73 Å². The maximum atomic E-state index is 12.1. The summed E-state index contributed by atoms with van der Waals surface area (Å²) in [5, 5.41) is 12.1. The Kier molecular flexibility index (Phi) is 5.35. The smallest absolute Gasteiger partial charge is 0.307 e. The molecule has 0 aliphatic heterocycles. The van der Waals surface area contributed by atoms with Gasteiger partial charge in [-0.3, -0.25) is 4.79 Å². The summed E-state index contributed by atoms with van der Waals surface area (Å²) in [4.78, 5) is 12.1. The van der Waals surface area contributed by atoms with Crippen LogP contribution in [0.3, 0.4) is 0 Å². The first-order valence-electron chi connectivity index (χ1n) is 6.91. The van der Waals surface area contributed by atoms with Crippen LogP contribution in [0.4, 0.5) is 0 Å². The van der Waals surface area contributed by atoms with Crippen LogP contribution in [0, 0.1) is 13.8 Å². The van der Waals surface area contributed by atoms with Crippen LogP contribution in [-0.2, 0) is 9.53 Å². The van der Waals surface area contributed by atoms with Gasteiger partial charge in [-0.25, -0.2) is 0 Å². The first-order chi connectivity index (χ1) is 9.65. The molecule has 0 radical (unpaired) electrons. The van der Waals surface area contributed by atoms with E-state index in [-0.39, 0.29) is 18.2 Å². The van der Waals surface area contributed by atoms with Gasteiger partial charge in [0.25, 0.3) is 0 Å². The molecule has 0 saturated heterocycles. The average Bonchev–Trinajstić information content (AvgIpc) is 2.34. The van der Waals surface area contributed by atoms with Crippen molar-refractivity contribution < 1.29 is 14.7 Å². The predicted molar refractivity (Wildman–Crippen MR) is 82.5 cm³/mol. The summed E-state index contributed by atoms with van der Waals surface area (Å²) in [6.07, 6.45) is 0.0405. The fourth-order valence-electron chi connectivity index (χ4n) is 2.35. The summed E-state index contributed by atoms with van der Waals surface area (Å²) in [6.45, 7) is 9.30. The summed E-state index contributed by atoms with van der Waals surface area (Å²) >= 11 is 0. The molecule has 5 heteroatoms. The van der Waals surface area contributed by atoms with Crippen molar-refractivity contribution in [2.75, 3.05) is 0 Å². The molecular weight excluding hydrogens is 268 g/mol. The van der Waals surface area contributed by atoms with E-state index in [1.165, 1.54) is 0 Å². The number of amidine groups is 1. The minimum atomic E-state index is -0.562. The molecule has 3 N–H and O–H groups in total. The lowest BCUT2D eigenvalue weighted by Crippen LogP contribution is -2.30. The minimum Gasteiger partial charge on any atom is -0.460 e. The number of hydrogen-bond donors (Lipinski definition) is 2. The maximum absolute atomic E-state index is 12.1. The Bertz CT molecular complexity index is 525. The molecule has 0 saturated carbocycles. The van der Waals surface area contributed by atoms with Gasteiger partial charge in [-0.15, -0.1) is 0 Å². The molecular formula is C16H24N2O3. The van der Waals surface area contributed by atoms with Crippen LogP contribution in [-0.4, -0.2) is 22.6 Å². The number of ether oxygens (including phenoxy) is 1. The Labute approximate surface area is 125 Å². The molecule has 1 atom stereocenters. The normalized spacial score (nSPS) is 13.9. The van der Waals surface area contributed by atoms with Crippen LogP contribution in [0.2, 0.25) is 0 Å². The second-order valence-corrected chi connectivity index (χ2v) is 6.17. The number of hydrogen-bond acceptors (Lipinski definition) is 4. The number of oxime groups is 1. The minimum absolute atomic E-state index is 0.0123. The van der Waals surface area contributed by atoms with Gasteiger partial charge in [-0.1, -0.05) is 23.4 Å². The monoisotopic (exact) mass is 292 g/mol. The molecule has 0 aliphatic carbocycles. The van der Waals surface area contributed by atoms with Crippen molar-refractivity contribution in [2.45, 2.75) is 52.6 Å². The van der Waals surface area contributed by atoms with Crippen molar-refractivity contribution in [2.24, 2.45) is 10.9 Å². The van der Waals surface area contributed by atoms with Crippen molar-refractivity contribution >= 4 is 11.8 Å². The Balaban J connectivity index is 3.11. The van der Waals surface area contributed by atoms with Crippen LogP contribution in [0.15, 0.2) is 23.4 Å². The van der Waals surface area contributed by atoms with E-state index < -0.39 is 11.5 Å². The zero-order valence-corrected chi connectivity index (χ0v) is 13.3. The largest absolute Gasteiger partial charge is 0.460 e. The summed E-state index contributed by atoms with van der Waals surface area (Å²) in [5.74, 6) is -0.855. The zero-order chi connectivity index (χ0) is 16.2. The number of carbonyl (C=O) groups excluding carboxylic acids is 1. The third kappa shape index (κ3) is 4.77. The summed E-state index contributed by atoms with van der Waals surface area (Å²) < 4.78 is 5.33. The number of nitrogens with two attached hydrogens (primary N) is 1. The molecule has 21 heavy (non-hydrogen) atoms. The number of benzene rings is 1. The first kappa shape index (κ1) is 17.0. The Hall–Kier alpha value is -2.04. The summed E-state index contributed by atoms with van der Waals surface area (Å²) in [5.41, 5.74) is 8.12. The lowest BCUT2D eigenvalue weighted by Gasteiger charge is -2.23. The number of esters is 1. The molecule has 0 fully saturated rings. The highest BCUT2D eigenvalue weighted by Gasteiger charge is 2.26. The first-order valence-corrected chi connectivity index (χ1v) is 6.91. The quantitative estimate of drug-likeness (QED) is 0.294. The van der Waals surface area contributed by atoms with Crippen LogP contribution in [0.1, 0.15) is 49.8 Å². The number of nitrogens with zero attached hydrogens (tertiary/aromatic N) is 1. The molecule has 1 aromatic carbocycles. The number of rotatable bonds is 4. The van der Waals surface area contributed by atoms with Crippen molar-refractivity contribution in [1.82, 2.24) is 0 Å². The molecule has 1 rings (SSSR count). The van der Waals surface area contributed by atoms with Gasteiger partial charge >= 0.3 is 5.97 Å². The van der Waals surface area contributed by atoms with Gasteiger partial charge < -0.3 is 15.7 Å². The van der Waals surface area contributed by atoms with Crippen molar-refractivity contribution in [3.05, 3.63) is 34.9 Å². The van der Waals surface area contributed by atoms with Gasteiger partial charge in [0.15, 0.2) is 0 Å². The van der Waals surface area contributed by atoms with E-state index in [9.17, 15) is 4.79 Å².